The average molecular weight is 473 g/mol. The van der Waals surface area contributed by atoms with Gasteiger partial charge in [0.2, 0.25) is 0 Å². The van der Waals surface area contributed by atoms with Gasteiger partial charge in [0.25, 0.3) is 0 Å². The second-order valence-corrected chi connectivity index (χ2v) is 11.1. The first-order valence-corrected chi connectivity index (χ1v) is 13.0. The van der Waals surface area contributed by atoms with E-state index in [1.54, 1.807) is 29.5 Å². The number of methoxy groups -OCH3 is 2. The van der Waals surface area contributed by atoms with E-state index in [0.717, 1.165) is 17.2 Å². The zero-order chi connectivity index (χ0) is 22.7. The number of benzene rings is 2. The molecule has 2 heterocycles. The molecule has 4 rings (SSSR count). The van der Waals surface area contributed by atoms with Crippen molar-refractivity contribution in [3.8, 4) is 11.5 Å². The largest absolute Gasteiger partial charge is 0.493 e. The first-order chi connectivity index (χ1) is 15.4. The van der Waals surface area contributed by atoms with Crippen LogP contribution in [-0.4, -0.2) is 46.0 Å². The molecule has 0 aliphatic carbocycles. The maximum Gasteiger partial charge on any atom is 0.185 e. The van der Waals surface area contributed by atoms with Crippen LogP contribution in [0.25, 0.3) is 0 Å². The van der Waals surface area contributed by atoms with Crippen LogP contribution in [0.15, 0.2) is 52.7 Å². The molecule has 2 aromatic carbocycles. The minimum Gasteiger partial charge on any atom is -0.493 e. The summed E-state index contributed by atoms with van der Waals surface area (Å²) in [5.41, 5.74) is 3.55. The van der Waals surface area contributed by atoms with Crippen LogP contribution in [0, 0.1) is 6.92 Å². The Balaban J connectivity index is 1.41. The molecule has 3 aromatic rings. The van der Waals surface area contributed by atoms with Crippen molar-refractivity contribution in [2.75, 3.05) is 32.2 Å². The summed E-state index contributed by atoms with van der Waals surface area (Å²) >= 11 is 1.63. The van der Waals surface area contributed by atoms with Gasteiger partial charge in [-0.05, 0) is 37.5 Å². The van der Waals surface area contributed by atoms with Gasteiger partial charge in [0.1, 0.15) is 0 Å². The van der Waals surface area contributed by atoms with Crippen molar-refractivity contribution < 1.29 is 17.9 Å². The Morgan fingerprint density at radius 3 is 2.50 bits per heavy atom. The summed E-state index contributed by atoms with van der Waals surface area (Å²) in [7, 11) is -0.402. The van der Waals surface area contributed by atoms with E-state index in [2.05, 4.69) is 41.5 Å². The number of sulfone groups is 1. The summed E-state index contributed by atoms with van der Waals surface area (Å²) in [5.74, 6) is 0.946. The SMILES string of the molecule is COc1ccc(S(=O)(=O)C2CCN(c3nc(Cc4cccc(C)c4)cs3)CC2)cc1OC. The van der Waals surface area contributed by atoms with Gasteiger partial charge < -0.3 is 14.4 Å². The first kappa shape index (κ1) is 22.6. The topological polar surface area (TPSA) is 68.7 Å². The molecule has 1 aromatic heterocycles. The molecule has 1 fully saturated rings. The van der Waals surface area contributed by atoms with Crippen molar-refractivity contribution in [3.63, 3.8) is 0 Å². The van der Waals surface area contributed by atoms with E-state index in [9.17, 15) is 8.42 Å². The zero-order valence-corrected chi connectivity index (χ0v) is 20.2. The molecular formula is C24H28N2O4S2. The molecule has 32 heavy (non-hydrogen) atoms. The van der Waals surface area contributed by atoms with E-state index in [0.29, 0.717) is 37.4 Å². The fourth-order valence-electron chi connectivity index (χ4n) is 4.10. The fourth-order valence-corrected chi connectivity index (χ4v) is 6.72. The Morgan fingerprint density at radius 2 is 1.81 bits per heavy atom. The van der Waals surface area contributed by atoms with Crippen molar-refractivity contribution in [2.45, 2.75) is 36.3 Å². The molecule has 0 unspecified atom stereocenters. The van der Waals surface area contributed by atoms with E-state index in [4.69, 9.17) is 14.5 Å². The minimum absolute atomic E-state index is 0.281. The molecule has 0 N–H and O–H groups in total. The highest BCUT2D eigenvalue weighted by Gasteiger charge is 2.32. The number of piperidine rings is 1. The normalized spacial score (nSPS) is 15.0. The lowest BCUT2D eigenvalue weighted by Crippen LogP contribution is -2.39. The van der Waals surface area contributed by atoms with Gasteiger partial charge in [0, 0.05) is 31.0 Å². The molecule has 1 saturated heterocycles. The van der Waals surface area contributed by atoms with E-state index < -0.39 is 15.1 Å². The van der Waals surface area contributed by atoms with Crippen molar-refractivity contribution in [1.82, 2.24) is 4.98 Å². The molecule has 8 heteroatoms. The van der Waals surface area contributed by atoms with Gasteiger partial charge >= 0.3 is 0 Å². The number of nitrogens with zero attached hydrogens (tertiary/aromatic N) is 2. The molecule has 0 spiro atoms. The molecular weight excluding hydrogens is 444 g/mol. The summed E-state index contributed by atoms with van der Waals surface area (Å²) in [6.07, 6.45) is 1.95. The predicted molar refractivity (Wildman–Crippen MR) is 128 cm³/mol. The Bertz CT molecular complexity index is 1180. The predicted octanol–water partition coefficient (Wildman–Crippen LogP) is 4.50. The summed E-state index contributed by atoms with van der Waals surface area (Å²) in [6, 6.07) is 13.3. The zero-order valence-electron chi connectivity index (χ0n) is 18.6. The van der Waals surface area contributed by atoms with Crippen molar-refractivity contribution in [2.24, 2.45) is 0 Å². The van der Waals surface area contributed by atoms with Crippen molar-refractivity contribution >= 4 is 26.3 Å². The third kappa shape index (κ3) is 4.76. The highest BCUT2D eigenvalue weighted by molar-refractivity contribution is 7.92. The summed E-state index contributed by atoms with van der Waals surface area (Å²) in [4.78, 5) is 7.29. The second kappa shape index (κ2) is 9.50. The molecule has 170 valence electrons. The Morgan fingerprint density at radius 1 is 1.06 bits per heavy atom. The van der Waals surface area contributed by atoms with Gasteiger partial charge in [-0.3, -0.25) is 0 Å². The molecule has 6 nitrogen and oxygen atoms in total. The lowest BCUT2D eigenvalue weighted by Gasteiger charge is -2.31. The van der Waals surface area contributed by atoms with E-state index in [-0.39, 0.29) is 4.90 Å². The lowest BCUT2D eigenvalue weighted by atomic mass is 10.1. The Hall–Kier alpha value is -2.58. The van der Waals surface area contributed by atoms with Crippen LogP contribution < -0.4 is 14.4 Å². The summed E-state index contributed by atoms with van der Waals surface area (Å²) in [6.45, 7) is 3.44. The van der Waals surface area contributed by atoms with E-state index >= 15 is 0 Å². The summed E-state index contributed by atoms with van der Waals surface area (Å²) in [5, 5.41) is 2.66. The van der Waals surface area contributed by atoms with Gasteiger partial charge in [0.05, 0.1) is 30.1 Å². The van der Waals surface area contributed by atoms with Gasteiger partial charge in [0.15, 0.2) is 26.5 Å². The van der Waals surface area contributed by atoms with E-state index in [1.807, 2.05) is 0 Å². The van der Waals surface area contributed by atoms with E-state index in [1.165, 1.54) is 25.3 Å². The smallest absolute Gasteiger partial charge is 0.185 e. The first-order valence-electron chi connectivity index (χ1n) is 10.6. The molecule has 0 atom stereocenters. The minimum atomic E-state index is -3.44. The van der Waals surface area contributed by atoms with Crippen LogP contribution >= 0.6 is 11.3 Å². The maximum absolute atomic E-state index is 13.2. The van der Waals surface area contributed by atoms with Gasteiger partial charge in [-0.1, -0.05) is 29.8 Å². The number of rotatable bonds is 7. The van der Waals surface area contributed by atoms with Crippen LogP contribution in [0.1, 0.15) is 29.7 Å². The third-order valence-corrected chi connectivity index (χ3v) is 9.05. The molecule has 0 amide bonds. The second-order valence-electron chi connectivity index (χ2n) is 8.04. The van der Waals surface area contributed by atoms with Crippen molar-refractivity contribution in [3.05, 3.63) is 64.7 Å². The molecule has 1 aliphatic heterocycles. The number of anilines is 1. The van der Waals surface area contributed by atoms with Crippen LogP contribution in [0.2, 0.25) is 0 Å². The lowest BCUT2D eigenvalue weighted by molar-refractivity contribution is 0.354. The average Bonchev–Trinajstić information content (AvgIpc) is 3.27. The highest BCUT2D eigenvalue weighted by Crippen LogP contribution is 2.34. The fraction of sp³-hybridized carbons (Fsp3) is 0.375. The van der Waals surface area contributed by atoms with Crippen LogP contribution in [0.3, 0.4) is 0 Å². The number of hydrogen-bond acceptors (Lipinski definition) is 7. The number of ether oxygens (including phenoxy) is 2. The molecule has 0 bridgehead atoms. The monoisotopic (exact) mass is 472 g/mol. The Kier molecular flexibility index (Phi) is 6.71. The number of thiazole rings is 1. The number of aryl methyl sites for hydroxylation is 1. The van der Waals surface area contributed by atoms with Gasteiger partial charge in [-0.15, -0.1) is 11.3 Å². The van der Waals surface area contributed by atoms with Crippen LogP contribution in [0.4, 0.5) is 5.13 Å². The maximum atomic E-state index is 13.2. The number of hydrogen-bond donors (Lipinski definition) is 0. The quantitative estimate of drug-likeness (QED) is 0.504. The van der Waals surface area contributed by atoms with Crippen molar-refractivity contribution in [1.29, 1.82) is 0 Å². The van der Waals surface area contributed by atoms with Crippen LogP contribution in [-0.2, 0) is 16.3 Å². The number of aromatic nitrogens is 1. The van der Waals surface area contributed by atoms with Gasteiger partial charge in [-0.25, -0.2) is 13.4 Å². The van der Waals surface area contributed by atoms with Gasteiger partial charge in [-0.2, -0.15) is 0 Å². The Labute approximate surface area is 193 Å². The highest BCUT2D eigenvalue weighted by atomic mass is 32.2. The summed E-state index contributed by atoms with van der Waals surface area (Å²) < 4.78 is 36.9. The third-order valence-electron chi connectivity index (χ3n) is 5.84. The molecule has 0 saturated carbocycles. The standard InChI is InChI=1S/C24H28N2O4S2/c1-17-5-4-6-18(13-17)14-19-16-31-24(25-19)26-11-9-20(10-12-26)32(27,28)21-7-8-22(29-2)23(15-21)30-3/h4-8,13,15-16,20H,9-12,14H2,1-3H3. The molecule has 1 aliphatic rings. The molecule has 0 radical (unpaired) electrons. The van der Waals surface area contributed by atoms with Crippen LogP contribution in [0.5, 0.6) is 11.5 Å².